The van der Waals surface area contributed by atoms with Crippen LogP contribution in [0.1, 0.15) is 37.0 Å². The Kier molecular flexibility index (Phi) is 5.79. The van der Waals surface area contributed by atoms with Crippen LogP contribution in [0.2, 0.25) is 0 Å². The molecule has 2 N–H and O–H groups in total. The van der Waals surface area contributed by atoms with Gasteiger partial charge in [0.1, 0.15) is 0 Å². The fourth-order valence-corrected chi connectivity index (χ4v) is 2.45. The van der Waals surface area contributed by atoms with Gasteiger partial charge in [-0.25, -0.2) is 0 Å². The van der Waals surface area contributed by atoms with Gasteiger partial charge in [0.2, 0.25) is 0 Å². The van der Waals surface area contributed by atoms with Crippen LogP contribution in [0.5, 0.6) is 0 Å². The van der Waals surface area contributed by atoms with E-state index in [9.17, 15) is 9.59 Å². The minimum atomic E-state index is -0.863. The van der Waals surface area contributed by atoms with Crippen molar-refractivity contribution in [3.05, 3.63) is 31.8 Å². The average molecular weight is 440 g/mol. The molecule has 0 aliphatic heterocycles. The summed E-state index contributed by atoms with van der Waals surface area (Å²) in [6.07, 6.45) is 0.413. The van der Waals surface area contributed by atoms with Crippen LogP contribution in [-0.4, -0.2) is 22.5 Å². The van der Waals surface area contributed by atoms with Crippen LogP contribution < -0.4 is 5.32 Å². The summed E-state index contributed by atoms with van der Waals surface area (Å²) >= 11 is 5.48. The second kappa shape index (κ2) is 6.69. The van der Waals surface area contributed by atoms with Gasteiger partial charge in [-0.1, -0.05) is 0 Å². The third-order valence-electron chi connectivity index (χ3n) is 2.59. The Morgan fingerprint density at radius 1 is 1.42 bits per heavy atom. The summed E-state index contributed by atoms with van der Waals surface area (Å²) in [4.78, 5) is 22.8. The standard InChI is InChI=1S/C13H15BrINO3/c1-13(2,6-5-11(17)18)16-12(19)9-7-8(15)3-4-10(9)14/h3-4,7H,5-6H2,1-2H3,(H,16,19)(H,17,18). The predicted octanol–water partition coefficient (Wildman–Crippen LogP) is 3.43. The Hall–Kier alpha value is -0.630. The lowest BCUT2D eigenvalue weighted by Crippen LogP contribution is -2.43. The smallest absolute Gasteiger partial charge is 0.303 e. The first-order valence-corrected chi connectivity index (χ1v) is 7.58. The van der Waals surface area contributed by atoms with Crippen molar-refractivity contribution in [2.75, 3.05) is 0 Å². The Labute approximate surface area is 134 Å². The van der Waals surface area contributed by atoms with Crippen LogP contribution in [0, 0.1) is 3.57 Å². The number of carbonyl (C=O) groups is 2. The van der Waals surface area contributed by atoms with Crippen LogP contribution in [0.25, 0.3) is 0 Å². The number of hydrogen-bond acceptors (Lipinski definition) is 2. The maximum absolute atomic E-state index is 12.2. The van der Waals surface area contributed by atoms with Crippen molar-refractivity contribution in [3.63, 3.8) is 0 Å². The molecule has 1 aromatic carbocycles. The van der Waals surface area contributed by atoms with E-state index < -0.39 is 11.5 Å². The second-order valence-corrected chi connectivity index (χ2v) is 6.96. The molecule has 0 spiro atoms. The molecule has 1 amide bonds. The largest absolute Gasteiger partial charge is 0.481 e. The number of halogens is 2. The van der Waals surface area contributed by atoms with Gasteiger partial charge in [0.25, 0.3) is 5.91 Å². The maximum atomic E-state index is 12.2. The summed E-state index contributed by atoms with van der Waals surface area (Å²) < 4.78 is 1.69. The normalized spacial score (nSPS) is 11.2. The minimum absolute atomic E-state index is 0.0285. The van der Waals surface area contributed by atoms with Crippen LogP contribution in [0.15, 0.2) is 22.7 Å². The summed E-state index contributed by atoms with van der Waals surface area (Å²) in [6, 6.07) is 5.51. The van der Waals surface area contributed by atoms with Crippen molar-refractivity contribution < 1.29 is 14.7 Å². The molecule has 0 unspecified atom stereocenters. The van der Waals surface area contributed by atoms with Crippen molar-refractivity contribution >= 4 is 50.4 Å². The van der Waals surface area contributed by atoms with Crippen molar-refractivity contribution in [1.29, 1.82) is 0 Å². The van der Waals surface area contributed by atoms with E-state index in [0.29, 0.717) is 12.0 Å². The minimum Gasteiger partial charge on any atom is -0.481 e. The Bertz CT molecular complexity index is 503. The molecule has 0 aliphatic carbocycles. The maximum Gasteiger partial charge on any atom is 0.303 e. The number of hydrogen-bond donors (Lipinski definition) is 2. The summed E-state index contributed by atoms with van der Waals surface area (Å²) in [5.74, 6) is -1.07. The molecule has 1 aromatic rings. The molecule has 0 saturated heterocycles. The highest BCUT2D eigenvalue weighted by molar-refractivity contribution is 14.1. The highest BCUT2D eigenvalue weighted by Gasteiger charge is 2.23. The number of rotatable bonds is 5. The van der Waals surface area contributed by atoms with E-state index in [4.69, 9.17) is 5.11 Å². The van der Waals surface area contributed by atoms with E-state index >= 15 is 0 Å². The number of aliphatic carboxylic acids is 1. The Morgan fingerprint density at radius 3 is 2.63 bits per heavy atom. The van der Waals surface area contributed by atoms with E-state index in [1.54, 1.807) is 6.07 Å². The molecule has 0 fully saturated rings. The molecular formula is C13H15BrINO3. The highest BCUT2D eigenvalue weighted by atomic mass is 127. The van der Waals surface area contributed by atoms with Gasteiger partial charge in [0, 0.05) is 20.0 Å². The molecule has 1 rings (SSSR count). The zero-order valence-electron chi connectivity index (χ0n) is 10.7. The summed E-state index contributed by atoms with van der Waals surface area (Å²) in [6.45, 7) is 3.63. The van der Waals surface area contributed by atoms with Gasteiger partial charge in [-0.15, -0.1) is 0 Å². The molecule has 0 aromatic heterocycles. The lowest BCUT2D eigenvalue weighted by molar-refractivity contribution is -0.137. The first-order chi connectivity index (χ1) is 8.71. The summed E-state index contributed by atoms with van der Waals surface area (Å²) in [5, 5.41) is 11.5. The van der Waals surface area contributed by atoms with E-state index in [1.807, 2.05) is 26.0 Å². The van der Waals surface area contributed by atoms with E-state index in [0.717, 1.165) is 8.04 Å². The Morgan fingerprint density at radius 2 is 2.05 bits per heavy atom. The molecule has 104 valence electrons. The topological polar surface area (TPSA) is 66.4 Å². The van der Waals surface area contributed by atoms with Crippen molar-refractivity contribution in [2.45, 2.75) is 32.2 Å². The fourth-order valence-electron chi connectivity index (χ4n) is 1.53. The van der Waals surface area contributed by atoms with Gasteiger partial charge >= 0.3 is 5.97 Å². The zero-order valence-corrected chi connectivity index (χ0v) is 14.4. The molecule has 0 bridgehead atoms. The number of carboxylic acids is 1. The third-order valence-corrected chi connectivity index (χ3v) is 3.95. The Balaban J connectivity index is 2.78. The second-order valence-electron chi connectivity index (χ2n) is 4.86. The molecule has 4 nitrogen and oxygen atoms in total. The van der Waals surface area contributed by atoms with Crippen LogP contribution in [-0.2, 0) is 4.79 Å². The van der Waals surface area contributed by atoms with E-state index in [1.165, 1.54) is 0 Å². The number of benzene rings is 1. The van der Waals surface area contributed by atoms with Gasteiger partial charge in [0.05, 0.1) is 5.56 Å². The third kappa shape index (κ3) is 5.48. The molecule has 6 heteroatoms. The molecule has 0 saturated carbocycles. The van der Waals surface area contributed by atoms with Crippen molar-refractivity contribution in [2.24, 2.45) is 0 Å². The SMILES string of the molecule is CC(C)(CCC(=O)O)NC(=O)c1cc(I)ccc1Br. The lowest BCUT2D eigenvalue weighted by atomic mass is 9.98. The van der Waals surface area contributed by atoms with E-state index in [2.05, 4.69) is 43.8 Å². The monoisotopic (exact) mass is 439 g/mol. The first-order valence-electron chi connectivity index (χ1n) is 5.70. The quantitative estimate of drug-likeness (QED) is 0.690. The number of nitrogens with one attached hydrogen (secondary N) is 1. The summed E-state index contributed by atoms with van der Waals surface area (Å²) in [7, 11) is 0. The lowest BCUT2D eigenvalue weighted by Gasteiger charge is -2.26. The van der Waals surface area contributed by atoms with Crippen molar-refractivity contribution in [1.82, 2.24) is 5.32 Å². The molecule has 0 atom stereocenters. The summed E-state index contributed by atoms with van der Waals surface area (Å²) in [5.41, 5.74) is -0.00813. The van der Waals surface area contributed by atoms with E-state index in [-0.39, 0.29) is 12.3 Å². The van der Waals surface area contributed by atoms with Gasteiger partial charge in [-0.2, -0.15) is 0 Å². The number of amides is 1. The fraction of sp³-hybridized carbons (Fsp3) is 0.385. The zero-order chi connectivity index (χ0) is 14.6. The highest BCUT2D eigenvalue weighted by Crippen LogP contribution is 2.21. The van der Waals surface area contributed by atoms with Gasteiger partial charge < -0.3 is 10.4 Å². The number of carboxylic acid groups (broad SMARTS) is 1. The average Bonchev–Trinajstić information content (AvgIpc) is 2.29. The van der Waals surface area contributed by atoms with Gasteiger partial charge in [-0.05, 0) is 77.0 Å². The molecule has 0 aliphatic rings. The number of carbonyl (C=O) groups excluding carboxylic acids is 1. The molecule has 19 heavy (non-hydrogen) atoms. The molecular weight excluding hydrogens is 425 g/mol. The van der Waals surface area contributed by atoms with Crippen molar-refractivity contribution in [3.8, 4) is 0 Å². The van der Waals surface area contributed by atoms with Crippen LogP contribution >= 0.6 is 38.5 Å². The van der Waals surface area contributed by atoms with Crippen LogP contribution in [0.3, 0.4) is 0 Å². The molecule has 0 radical (unpaired) electrons. The van der Waals surface area contributed by atoms with Gasteiger partial charge in [-0.3, -0.25) is 9.59 Å². The van der Waals surface area contributed by atoms with Gasteiger partial charge in [0.15, 0.2) is 0 Å². The van der Waals surface area contributed by atoms with Crippen LogP contribution in [0.4, 0.5) is 0 Å². The first kappa shape index (κ1) is 16.4. The molecule has 0 heterocycles. The predicted molar refractivity (Wildman–Crippen MR) is 85.3 cm³/mol.